The van der Waals surface area contributed by atoms with Gasteiger partial charge in [0.1, 0.15) is 11.3 Å². The van der Waals surface area contributed by atoms with Gasteiger partial charge in [-0.3, -0.25) is 4.79 Å². The smallest absolute Gasteiger partial charge is 0.194 e. The number of hydrogen-bond acceptors (Lipinski definition) is 3. The van der Waals surface area contributed by atoms with Crippen molar-refractivity contribution in [2.45, 2.75) is 6.92 Å². The van der Waals surface area contributed by atoms with Crippen LogP contribution in [0.25, 0.3) is 21.7 Å². The fourth-order valence-electron chi connectivity index (χ4n) is 1.97. The van der Waals surface area contributed by atoms with Crippen LogP contribution in [0.4, 0.5) is 0 Å². The first-order valence-electron chi connectivity index (χ1n) is 5.31. The summed E-state index contributed by atoms with van der Waals surface area (Å²) in [4.78, 5) is 11.2. The molecule has 0 aliphatic rings. The van der Waals surface area contributed by atoms with Crippen LogP contribution in [0, 0.1) is 0 Å². The van der Waals surface area contributed by atoms with Crippen LogP contribution in [-0.2, 0) is 0 Å². The largest absolute Gasteiger partial charge is 0.507 e. The fraction of sp³-hybridized carbons (Fsp3) is 0.0714. The van der Waals surface area contributed by atoms with Gasteiger partial charge in [0, 0.05) is 17.7 Å². The number of Topliss-reactive ketones (excluding diaryl/α,β-unsaturated/α-hetero) is 1. The van der Waals surface area contributed by atoms with Crippen molar-refractivity contribution >= 4 is 27.5 Å². The topological polar surface area (TPSA) is 50.4 Å². The maximum atomic E-state index is 11.2. The predicted octanol–water partition coefficient (Wildman–Crippen LogP) is 3.49. The van der Waals surface area contributed by atoms with Gasteiger partial charge in [-0.2, -0.15) is 0 Å². The molecule has 1 heterocycles. The number of aromatic hydroxyl groups is 1. The van der Waals surface area contributed by atoms with E-state index in [-0.39, 0.29) is 11.5 Å². The van der Waals surface area contributed by atoms with E-state index in [4.69, 9.17) is 4.42 Å². The molecular weight excluding hydrogens is 216 g/mol. The number of furan rings is 1. The Kier molecular flexibility index (Phi) is 1.95. The summed E-state index contributed by atoms with van der Waals surface area (Å²) in [6.07, 6.45) is 0. The Morgan fingerprint density at radius 2 is 2.00 bits per heavy atom. The molecule has 1 N–H and O–H groups in total. The molecule has 0 saturated carbocycles. The summed E-state index contributed by atoms with van der Waals surface area (Å²) in [5.41, 5.74) is 0.615. The number of phenolic OH excluding ortho intramolecular Hbond substituents is 1. The number of hydrogen-bond donors (Lipinski definition) is 1. The predicted molar refractivity (Wildman–Crippen MR) is 65.4 cm³/mol. The van der Waals surface area contributed by atoms with Crippen LogP contribution in [0.2, 0.25) is 0 Å². The summed E-state index contributed by atoms with van der Waals surface area (Å²) in [6.45, 7) is 1.47. The van der Waals surface area contributed by atoms with Gasteiger partial charge in [0.25, 0.3) is 0 Å². The van der Waals surface area contributed by atoms with Crippen LogP contribution in [0.15, 0.2) is 40.8 Å². The van der Waals surface area contributed by atoms with E-state index in [1.807, 2.05) is 12.1 Å². The highest BCUT2D eigenvalue weighted by molar-refractivity contribution is 6.02. The van der Waals surface area contributed by atoms with E-state index in [2.05, 4.69) is 0 Å². The van der Waals surface area contributed by atoms with Crippen molar-refractivity contribution < 1.29 is 14.3 Å². The van der Waals surface area contributed by atoms with Crippen molar-refractivity contribution in [3.63, 3.8) is 0 Å². The van der Waals surface area contributed by atoms with Crippen LogP contribution in [0.5, 0.6) is 5.75 Å². The van der Waals surface area contributed by atoms with E-state index in [0.717, 1.165) is 16.2 Å². The van der Waals surface area contributed by atoms with E-state index in [1.54, 1.807) is 24.3 Å². The van der Waals surface area contributed by atoms with Crippen molar-refractivity contribution in [3.05, 3.63) is 42.2 Å². The number of ketones is 1. The number of rotatable bonds is 1. The molecular formula is C14H10O3. The monoisotopic (exact) mass is 226 g/mol. The van der Waals surface area contributed by atoms with E-state index in [0.29, 0.717) is 11.3 Å². The van der Waals surface area contributed by atoms with Gasteiger partial charge in [-0.15, -0.1) is 0 Å². The maximum Gasteiger partial charge on any atom is 0.194 e. The molecule has 3 rings (SSSR count). The van der Waals surface area contributed by atoms with Crippen molar-refractivity contribution in [2.24, 2.45) is 0 Å². The van der Waals surface area contributed by atoms with E-state index >= 15 is 0 Å². The van der Waals surface area contributed by atoms with E-state index < -0.39 is 0 Å². The van der Waals surface area contributed by atoms with Crippen LogP contribution >= 0.6 is 0 Å². The molecule has 0 atom stereocenters. The summed E-state index contributed by atoms with van der Waals surface area (Å²) < 4.78 is 5.43. The van der Waals surface area contributed by atoms with Crippen molar-refractivity contribution in [1.29, 1.82) is 0 Å². The summed E-state index contributed by atoms with van der Waals surface area (Å²) in [7, 11) is 0. The molecule has 0 unspecified atom stereocenters. The van der Waals surface area contributed by atoms with Gasteiger partial charge >= 0.3 is 0 Å². The number of benzene rings is 2. The quantitative estimate of drug-likeness (QED) is 0.646. The summed E-state index contributed by atoms with van der Waals surface area (Å²) in [5, 5.41) is 12.3. The zero-order chi connectivity index (χ0) is 12.0. The Labute approximate surface area is 97.3 Å². The molecule has 0 aliphatic carbocycles. The summed E-state index contributed by atoms with van der Waals surface area (Å²) in [5.74, 6) is 0.453. The first kappa shape index (κ1) is 9.90. The van der Waals surface area contributed by atoms with Gasteiger partial charge in [0.15, 0.2) is 11.5 Å². The molecule has 3 nitrogen and oxygen atoms in total. The van der Waals surface area contributed by atoms with Crippen LogP contribution in [-0.4, -0.2) is 10.9 Å². The molecule has 0 saturated heterocycles. The van der Waals surface area contributed by atoms with Gasteiger partial charge < -0.3 is 9.52 Å². The summed E-state index contributed by atoms with van der Waals surface area (Å²) in [6, 6.07) is 10.7. The molecule has 0 spiro atoms. The number of carbonyl (C=O) groups is 1. The standard InChI is InChI=1S/C14H10O3/c1-8(15)13-6-10-5-9-3-2-4-12(16)11(9)7-14(10)17-13/h2-7,16H,1H3. The summed E-state index contributed by atoms with van der Waals surface area (Å²) >= 11 is 0. The molecule has 84 valence electrons. The maximum absolute atomic E-state index is 11.2. The van der Waals surface area contributed by atoms with Crippen LogP contribution in [0.3, 0.4) is 0 Å². The lowest BCUT2D eigenvalue weighted by molar-refractivity contribution is 0.0989. The number of fused-ring (bicyclic) bond motifs is 2. The minimum absolute atomic E-state index is 0.102. The molecule has 3 aromatic rings. The molecule has 0 amide bonds. The zero-order valence-corrected chi connectivity index (χ0v) is 9.23. The SMILES string of the molecule is CC(=O)c1cc2cc3cccc(O)c3cc2o1. The highest BCUT2D eigenvalue weighted by Crippen LogP contribution is 2.30. The minimum Gasteiger partial charge on any atom is -0.507 e. The van der Waals surface area contributed by atoms with Crippen LogP contribution < -0.4 is 0 Å². The van der Waals surface area contributed by atoms with Crippen LogP contribution in [0.1, 0.15) is 17.5 Å². The molecule has 0 fully saturated rings. The molecule has 1 aromatic heterocycles. The number of phenols is 1. The zero-order valence-electron chi connectivity index (χ0n) is 9.23. The molecule has 2 aromatic carbocycles. The van der Waals surface area contributed by atoms with Gasteiger partial charge in [-0.05, 0) is 29.7 Å². The third-order valence-corrected chi connectivity index (χ3v) is 2.84. The van der Waals surface area contributed by atoms with Gasteiger partial charge in [0.05, 0.1) is 0 Å². The minimum atomic E-state index is -0.102. The lowest BCUT2D eigenvalue weighted by atomic mass is 10.1. The van der Waals surface area contributed by atoms with Gasteiger partial charge in [-0.25, -0.2) is 0 Å². The van der Waals surface area contributed by atoms with E-state index in [9.17, 15) is 9.90 Å². The molecule has 17 heavy (non-hydrogen) atoms. The Balaban J connectivity index is 2.40. The molecule has 0 bridgehead atoms. The molecule has 0 aliphatic heterocycles. The molecule has 0 radical (unpaired) electrons. The second kappa shape index (κ2) is 3.35. The van der Waals surface area contributed by atoms with Crippen molar-refractivity contribution in [2.75, 3.05) is 0 Å². The second-order valence-electron chi connectivity index (χ2n) is 4.06. The first-order valence-corrected chi connectivity index (χ1v) is 5.31. The first-order chi connectivity index (χ1) is 8.15. The Morgan fingerprint density at radius 3 is 2.76 bits per heavy atom. The lowest BCUT2D eigenvalue weighted by Gasteiger charge is -1.99. The van der Waals surface area contributed by atoms with Gasteiger partial charge in [0.2, 0.25) is 0 Å². The normalized spacial score (nSPS) is 11.1. The van der Waals surface area contributed by atoms with Gasteiger partial charge in [-0.1, -0.05) is 12.1 Å². The Hall–Kier alpha value is -2.29. The van der Waals surface area contributed by atoms with E-state index in [1.165, 1.54) is 6.92 Å². The van der Waals surface area contributed by atoms with Crippen molar-refractivity contribution in [1.82, 2.24) is 0 Å². The highest BCUT2D eigenvalue weighted by atomic mass is 16.3. The molecule has 3 heteroatoms. The Morgan fingerprint density at radius 1 is 1.18 bits per heavy atom. The highest BCUT2D eigenvalue weighted by Gasteiger charge is 2.09. The third-order valence-electron chi connectivity index (χ3n) is 2.84. The fourth-order valence-corrected chi connectivity index (χ4v) is 1.97. The second-order valence-corrected chi connectivity index (χ2v) is 4.06. The third kappa shape index (κ3) is 1.47. The lowest BCUT2D eigenvalue weighted by Crippen LogP contribution is -1.85. The Bertz CT molecular complexity index is 738. The average molecular weight is 226 g/mol. The average Bonchev–Trinajstić information content (AvgIpc) is 2.70. The van der Waals surface area contributed by atoms with Crippen molar-refractivity contribution in [3.8, 4) is 5.75 Å². The number of carbonyl (C=O) groups excluding carboxylic acids is 1.